The molecule has 1 N–H and O–H groups in total. The van der Waals surface area contributed by atoms with Crippen LogP contribution < -0.4 is 10.2 Å². The zero-order valence-corrected chi connectivity index (χ0v) is 12.1. The molecule has 0 spiro atoms. The summed E-state index contributed by atoms with van der Waals surface area (Å²) in [5.74, 6) is -2.11. The normalized spacial score (nSPS) is 18.4. The van der Waals surface area contributed by atoms with E-state index in [2.05, 4.69) is 5.32 Å². The first kappa shape index (κ1) is 15.4. The summed E-state index contributed by atoms with van der Waals surface area (Å²) in [5.41, 5.74) is -1.03. The Bertz CT molecular complexity index is 571. The van der Waals surface area contributed by atoms with Crippen molar-refractivity contribution in [3.63, 3.8) is 0 Å². The van der Waals surface area contributed by atoms with Crippen molar-refractivity contribution in [1.29, 1.82) is 0 Å². The van der Waals surface area contributed by atoms with Gasteiger partial charge in [-0.05, 0) is 25.0 Å². The monoisotopic (exact) mass is 296 g/mol. The number of nitrogens with one attached hydrogen (secondary N) is 1. The SMILES string of the molecule is CCC1(CC)NC(=O)CCN(c2ccc(F)cc2F)C1=O. The molecule has 1 fully saturated rings. The fraction of sp³-hybridized carbons (Fsp3) is 0.467. The summed E-state index contributed by atoms with van der Waals surface area (Å²) in [6.07, 6.45) is 0.908. The molecule has 114 valence electrons. The van der Waals surface area contributed by atoms with Gasteiger partial charge in [0.25, 0.3) is 5.91 Å². The molecule has 1 aliphatic heterocycles. The van der Waals surface area contributed by atoms with E-state index in [9.17, 15) is 18.4 Å². The summed E-state index contributed by atoms with van der Waals surface area (Å²) >= 11 is 0. The van der Waals surface area contributed by atoms with Gasteiger partial charge in [-0.2, -0.15) is 0 Å². The number of benzene rings is 1. The minimum absolute atomic E-state index is 0.00387. The van der Waals surface area contributed by atoms with Crippen molar-refractivity contribution in [3.8, 4) is 0 Å². The molecular weight excluding hydrogens is 278 g/mol. The molecular formula is C15H18F2N2O2. The fourth-order valence-corrected chi connectivity index (χ4v) is 2.62. The third kappa shape index (κ3) is 2.75. The van der Waals surface area contributed by atoms with Gasteiger partial charge in [-0.1, -0.05) is 13.8 Å². The molecule has 1 saturated heterocycles. The third-order valence-electron chi connectivity index (χ3n) is 4.00. The maximum atomic E-state index is 14.0. The molecule has 0 radical (unpaired) electrons. The summed E-state index contributed by atoms with van der Waals surface area (Å²) in [7, 11) is 0. The van der Waals surface area contributed by atoms with Crippen LogP contribution in [0.3, 0.4) is 0 Å². The second-order valence-corrected chi connectivity index (χ2v) is 5.14. The predicted octanol–water partition coefficient (Wildman–Crippen LogP) is 2.38. The molecule has 0 atom stereocenters. The van der Waals surface area contributed by atoms with Crippen LogP contribution in [-0.2, 0) is 9.59 Å². The van der Waals surface area contributed by atoms with Gasteiger partial charge in [0, 0.05) is 19.0 Å². The van der Waals surface area contributed by atoms with E-state index < -0.39 is 17.2 Å². The van der Waals surface area contributed by atoms with Gasteiger partial charge in [0.2, 0.25) is 5.91 Å². The van der Waals surface area contributed by atoms with Crippen LogP contribution in [0, 0.1) is 11.6 Å². The van der Waals surface area contributed by atoms with Crippen LogP contribution >= 0.6 is 0 Å². The number of carbonyl (C=O) groups excluding carboxylic acids is 2. The summed E-state index contributed by atoms with van der Waals surface area (Å²) < 4.78 is 27.0. The summed E-state index contributed by atoms with van der Waals surface area (Å²) in [4.78, 5) is 25.8. The van der Waals surface area contributed by atoms with Crippen LogP contribution in [0.4, 0.5) is 14.5 Å². The Balaban J connectivity index is 2.47. The van der Waals surface area contributed by atoms with Gasteiger partial charge >= 0.3 is 0 Å². The number of rotatable bonds is 3. The lowest BCUT2D eigenvalue weighted by Crippen LogP contribution is -2.56. The molecule has 2 rings (SSSR count). The van der Waals surface area contributed by atoms with Crippen LogP contribution in [0.25, 0.3) is 0 Å². The van der Waals surface area contributed by atoms with E-state index in [1.807, 2.05) is 0 Å². The highest BCUT2D eigenvalue weighted by Gasteiger charge is 2.42. The van der Waals surface area contributed by atoms with Gasteiger partial charge in [0.05, 0.1) is 5.69 Å². The minimum Gasteiger partial charge on any atom is -0.342 e. The standard InChI is InChI=1S/C15H18F2N2O2/c1-3-15(4-2)14(21)19(8-7-13(20)18-15)12-6-5-10(16)9-11(12)17/h5-6,9H,3-4,7-8H2,1-2H3,(H,18,20). The van der Waals surface area contributed by atoms with Gasteiger partial charge in [-0.15, -0.1) is 0 Å². The van der Waals surface area contributed by atoms with E-state index in [-0.39, 0.29) is 30.5 Å². The van der Waals surface area contributed by atoms with Crippen LogP contribution in [0.5, 0.6) is 0 Å². The summed E-state index contributed by atoms with van der Waals surface area (Å²) in [5, 5.41) is 2.75. The fourth-order valence-electron chi connectivity index (χ4n) is 2.62. The van der Waals surface area contributed by atoms with E-state index in [4.69, 9.17) is 0 Å². The molecule has 0 saturated carbocycles. The highest BCUT2D eigenvalue weighted by atomic mass is 19.1. The number of carbonyl (C=O) groups is 2. The maximum Gasteiger partial charge on any atom is 0.252 e. The van der Waals surface area contributed by atoms with E-state index in [0.717, 1.165) is 12.1 Å². The van der Waals surface area contributed by atoms with Crippen LogP contribution in [0.1, 0.15) is 33.1 Å². The Morgan fingerprint density at radius 1 is 1.24 bits per heavy atom. The largest absolute Gasteiger partial charge is 0.342 e. The molecule has 0 unspecified atom stereocenters. The van der Waals surface area contributed by atoms with Gasteiger partial charge in [-0.25, -0.2) is 8.78 Å². The Morgan fingerprint density at radius 3 is 2.48 bits per heavy atom. The molecule has 6 heteroatoms. The van der Waals surface area contributed by atoms with Crippen molar-refractivity contribution in [3.05, 3.63) is 29.8 Å². The third-order valence-corrected chi connectivity index (χ3v) is 4.00. The van der Waals surface area contributed by atoms with Gasteiger partial charge in [-0.3, -0.25) is 9.59 Å². The predicted molar refractivity (Wildman–Crippen MR) is 74.8 cm³/mol. The zero-order chi connectivity index (χ0) is 15.6. The number of amides is 2. The molecule has 21 heavy (non-hydrogen) atoms. The molecule has 1 aromatic carbocycles. The Kier molecular flexibility index (Phi) is 4.25. The lowest BCUT2D eigenvalue weighted by molar-refractivity contribution is -0.130. The molecule has 2 amide bonds. The van der Waals surface area contributed by atoms with E-state index in [0.29, 0.717) is 12.8 Å². The quantitative estimate of drug-likeness (QED) is 0.931. The lowest BCUT2D eigenvalue weighted by Gasteiger charge is -2.33. The average molecular weight is 296 g/mol. The van der Waals surface area contributed by atoms with Crippen molar-refractivity contribution >= 4 is 17.5 Å². The smallest absolute Gasteiger partial charge is 0.252 e. The minimum atomic E-state index is -1.03. The highest BCUT2D eigenvalue weighted by molar-refractivity contribution is 6.04. The van der Waals surface area contributed by atoms with Crippen LogP contribution in [0.15, 0.2) is 18.2 Å². The van der Waals surface area contributed by atoms with Crippen molar-refractivity contribution in [2.75, 3.05) is 11.4 Å². The number of hydrogen-bond acceptors (Lipinski definition) is 2. The molecule has 4 nitrogen and oxygen atoms in total. The Morgan fingerprint density at radius 2 is 1.90 bits per heavy atom. The first-order valence-electron chi connectivity index (χ1n) is 7.01. The molecule has 0 bridgehead atoms. The highest BCUT2D eigenvalue weighted by Crippen LogP contribution is 2.28. The number of nitrogens with zero attached hydrogens (tertiary/aromatic N) is 1. The van der Waals surface area contributed by atoms with Gasteiger partial charge in [0.15, 0.2) is 0 Å². The molecule has 0 aliphatic carbocycles. The first-order valence-corrected chi connectivity index (χ1v) is 7.01. The maximum absolute atomic E-state index is 14.0. The Hall–Kier alpha value is -1.98. The van der Waals surface area contributed by atoms with Crippen molar-refractivity contribution in [1.82, 2.24) is 5.32 Å². The number of halogens is 2. The molecule has 1 aromatic rings. The topological polar surface area (TPSA) is 49.4 Å². The van der Waals surface area contributed by atoms with Gasteiger partial charge in [0.1, 0.15) is 17.2 Å². The lowest BCUT2D eigenvalue weighted by atomic mass is 9.91. The van der Waals surface area contributed by atoms with E-state index >= 15 is 0 Å². The second kappa shape index (κ2) is 5.79. The van der Waals surface area contributed by atoms with Crippen LogP contribution in [0.2, 0.25) is 0 Å². The molecule has 1 aliphatic rings. The molecule has 0 aromatic heterocycles. The van der Waals surface area contributed by atoms with Crippen molar-refractivity contribution < 1.29 is 18.4 Å². The van der Waals surface area contributed by atoms with Gasteiger partial charge < -0.3 is 10.2 Å². The second-order valence-electron chi connectivity index (χ2n) is 5.14. The number of anilines is 1. The van der Waals surface area contributed by atoms with Crippen molar-refractivity contribution in [2.24, 2.45) is 0 Å². The Labute approximate surface area is 122 Å². The number of hydrogen-bond donors (Lipinski definition) is 1. The zero-order valence-electron chi connectivity index (χ0n) is 12.1. The summed E-state index contributed by atoms with van der Waals surface area (Å²) in [6, 6.07) is 3.07. The van der Waals surface area contributed by atoms with E-state index in [1.54, 1.807) is 13.8 Å². The van der Waals surface area contributed by atoms with Crippen molar-refractivity contribution in [2.45, 2.75) is 38.6 Å². The van der Waals surface area contributed by atoms with Crippen LogP contribution in [-0.4, -0.2) is 23.9 Å². The summed E-state index contributed by atoms with van der Waals surface area (Å²) in [6.45, 7) is 3.67. The first-order chi connectivity index (χ1) is 9.93. The average Bonchev–Trinajstić information content (AvgIpc) is 2.58. The van der Waals surface area contributed by atoms with E-state index in [1.165, 1.54) is 11.0 Å². The molecule has 1 heterocycles.